The lowest BCUT2D eigenvalue weighted by Crippen LogP contribution is -2.43. The van der Waals surface area contributed by atoms with Crippen molar-refractivity contribution in [2.75, 3.05) is 40.3 Å². The summed E-state index contributed by atoms with van der Waals surface area (Å²) in [6.45, 7) is 8.88. The lowest BCUT2D eigenvalue weighted by atomic mass is 9.99. The summed E-state index contributed by atoms with van der Waals surface area (Å²) in [5.74, 6) is 2.27. The van der Waals surface area contributed by atoms with Gasteiger partial charge in [-0.25, -0.2) is 0 Å². The summed E-state index contributed by atoms with van der Waals surface area (Å²) in [5.41, 5.74) is 2.83. The van der Waals surface area contributed by atoms with E-state index in [0.717, 1.165) is 37.8 Å². The molecule has 0 radical (unpaired) electrons. The van der Waals surface area contributed by atoms with Gasteiger partial charge in [0.05, 0.1) is 0 Å². The van der Waals surface area contributed by atoms with E-state index in [2.05, 4.69) is 65.7 Å². The van der Waals surface area contributed by atoms with E-state index in [-0.39, 0.29) is 0 Å². The summed E-state index contributed by atoms with van der Waals surface area (Å²) in [6.07, 6.45) is 4.86. The van der Waals surface area contributed by atoms with E-state index in [1.54, 1.807) is 0 Å². The predicted molar refractivity (Wildman–Crippen MR) is 108 cm³/mol. The third-order valence-corrected chi connectivity index (χ3v) is 5.08. The van der Waals surface area contributed by atoms with E-state index in [9.17, 15) is 0 Å². The Kier molecular flexibility index (Phi) is 8.26. The maximum atomic E-state index is 4.35. The first kappa shape index (κ1) is 19.8. The molecule has 1 aromatic carbocycles. The monoisotopic (exact) mass is 344 g/mol. The van der Waals surface area contributed by atoms with Crippen molar-refractivity contribution in [1.29, 1.82) is 0 Å². The first-order chi connectivity index (χ1) is 12.1. The van der Waals surface area contributed by atoms with Crippen LogP contribution in [-0.2, 0) is 6.42 Å². The molecule has 0 spiro atoms. The van der Waals surface area contributed by atoms with Gasteiger partial charge >= 0.3 is 0 Å². The highest BCUT2D eigenvalue weighted by atomic mass is 15.2. The molecule has 4 heteroatoms. The zero-order valence-electron chi connectivity index (χ0n) is 16.5. The number of aryl methyl sites for hydroxylation is 1. The highest BCUT2D eigenvalue weighted by Crippen LogP contribution is 2.15. The van der Waals surface area contributed by atoms with E-state index >= 15 is 0 Å². The smallest absolute Gasteiger partial charge is 0.190 e. The Bertz CT molecular complexity index is 521. The largest absolute Gasteiger partial charge is 0.356 e. The number of benzene rings is 1. The van der Waals surface area contributed by atoms with Gasteiger partial charge < -0.3 is 15.5 Å². The van der Waals surface area contributed by atoms with Crippen LogP contribution in [0.5, 0.6) is 0 Å². The lowest BCUT2D eigenvalue weighted by molar-refractivity contribution is 0.210. The summed E-state index contributed by atoms with van der Waals surface area (Å²) in [7, 11) is 4.07. The van der Waals surface area contributed by atoms with Gasteiger partial charge in [0.1, 0.15) is 0 Å². The molecule has 0 aromatic heterocycles. The van der Waals surface area contributed by atoms with E-state index < -0.39 is 0 Å². The quantitative estimate of drug-likeness (QED) is 0.453. The van der Waals surface area contributed by atoms with Gasteiger partial charge in [0.25, 0.3) is 0 Å². The van der Waals surface area contributed by atoms with Gasteiger partial charge in [0.2, 0.25) is 0 Å². The number of nitrogens with zero attached hydrogens (tertiary/aromatic N) is 2. The van der Waals surface area contributed by atoms with Gasteiger partial charge in [0.15, 0.2) is 5.96 Å². The molecule has 1 saturated heterocycles. The Balaban J connectivity index is 1.63. The van der Waals surface area contributed by atoms with Crippen LogP contribution in [0.25, 0.3) is 0 Å². The van der Waals surface area contributed by atoms with Gasteiger partial charge in [-0.3, -0.25) is 4.99 Å². The molecule has 2 N–H and O–H groups in total. The number of rotatable bonds is 7. The molecule has 0 amide bonds. The molecule has 1 aliphatic rings. The molecule has 2 rings (SSSR count). The van der Waals surface area contributed by atoms with Crippen LogP contribution < -0.4 is 10.6 Å². The Morgan fingerprint density at radius 2 is 2.00 bits per heavy atom. The minimum atomic E-state index is 0.606. The average molecular weight is 345 g/mol. The standard InChI is InChI=1S/C21H36N4/c1-17(2)20-11-9-18(10-12-20)7-5-13-23-21(22-3)24-15-19-8-6-14-25(4)16-19/h9-12,17,19H,5-8,13-16H2,1-4H3,(H2,22,23,24). The maximum absolute atomic E-state index is 4.35. The summed E-state index contributed by atoms with van der Waals surface area (Å²) in [6, 6.07) is 9.05. The molecule has 1 atom stereocenters. The molecule has 0 bridgehead atoms. The summed E-state index contributed by atoms with van der Waals surface area (Å²) in [4.78, 5) is 6.78. The van der Waals surface area contributed by atoms with E-state index in [1.165, 1.54) is 37.1 Å². The van der Waals surface area contributed by atoms with E-state index in [1.807, 2.05) is 7.05 Å². The van der Waals surface area contributed by atoms with Crippen molar-refractivity contribution < 1.29 is 0 Å². The maximum Gasteiger partial charge on any atom is 0.190 e. The van der Waals surface area contributed by atoms with Crippen molar-refractivity contribution in [3.63, 3.8) is 0 Å². The molecule has 1 heterocycles. The SMILES string of the molecule is CN=C(NCCCc1ccc(C(C)C)cc1)NCC1CCCN(C)C1. The van der Waals surface area contributed by atoms with Gasteiger partial charge in [-0.15, -0.1) is 0 Å². The summed E-state index contributed by atoms with van der Waals surface area (Å²) in [5, 5.41) is 6.94. The molecule has 1 unspecified atom stereocenters. The second-order valence-electron chi connectivity index (χ2n) is 7.65. The van der Waals surface area contributed by atoms with Crippen molar-refractivity contribution >= 4 is 5.96 Å². The van der Waals surface area contributed by atoms with Crippen LogP contribution in [0.3, 0.4) is 0 Å². The Hall–Kier alpha value is -1.55. The van der Waals surface area contributed by atoms with Gasteiger partial charge in [0, 0.05) is 26.7 Å². The van der Waals surface area contributed by atoms with Crippen molar-refractivity contribution in [2.45, 2.75) is 45.4 Å². The predicted octanol–water partition coefficient (Wildman–Crippen LogP) is 3.25. The highest BCUT2D eigenvalue weighted by Gasteiger charge is 2.17. The number of aliphatic imine (C=N–C) groups is 1. The van der Waals surface area contributed by atoms with Crippen molar-refractivity contribution in [2.24, 2.45) is 10.9 Å². The molecule has 4 nitrogen and oxygen atoms in total. The molecule has 1 fully saturated rings. The average Bonchev–Trinajstić information content (AvgIpc) is 2.61. The molecule has 0 saturated carbocycles. The minimum absolute atomic E-state index is 0.606. The molecule has 0 aliphatic carbocycles. The number of hydrogen-bond donors (Lipinski definition) is 2. The van der Waals surface area contributed by atoms with Crippen molar-refractivity contribution in [3.05, 3.63) is 35.4 Å². The molecule has 1 aliphatic heterocycles. The van der Waals surface area contributed by atoms with Gasteiger partial charge in [-0.05, 0) is 62.2 Å². The van der Waals surface area contributed by atoms with Crippen LogP contribution in [0, 0.1) is 5.92 Å². The Labute approximate surface area is 154 Å². The molecule has 1 aromatic rings. The third kappa shape index (κ3) is 7.07. The topological polar surface area (TPSA) is 39.7 Å². The first-order valence-electron chi connectivity index (χ1n) is 9.80. The first-order valence-corrected chi connectivity index (χ1v) is 9.80. The van der Waals surface area contributed by atoms with Crippen LogP contribution in [0.4, 0.5) is 0 Å². The second kappa shape index (κ2) is 10.4. The minimum Gasteiger partial charge on any atom is -0.356 e. The van der Waals surface area contributed by atoms with Crippen LogP contribution in [0.15, 0.2) is 29.3 Å². The van der Waals surface area contributed by atoms with Crippen LogP contribution in [0.2, 0.25) is 0 Å². The molecule has 25 heavy (non-hydrogen) atoms. The summed E-state index contributed by atoms with van der Waals surface area (Å²) < 4.78 is 0. The third-order valence-electron chi connectivity index (χ3n) is 5.08. The number of piperidine rings is 1. The number of hydrogen-bond acceptors (Lipinski definition) is 2. The van der Waals surface area contributed by atoms with Gasteiger partial charge in [-0.1, -0.05) is 38.1 Å². The van der Waals surface area contributed by atoms with Crippen LogP contribution in [-0.4, -0.2) is 51.1 Å². The fourth-order valence-corrected chi connectivity index (χ4v) is 3.47. The summed E-state index contributed by atoms with van der Waals surface area (Å²) >= 11 is 0. The Morgan fingerprint density at radius 1 is 1.24 bits per heavy atom. The zero-order chi connectivity index (χ0) is 18.1. The highest BCUT2D eigenvalue weighted by molar-refractivity contribution is 5.79. The molecule has 140 valence electrons. The van der Waals surface area contributed by atoms with E-state index in [4.69, 9.17) is 0 Å². The van der Waals surface area contributed by atoms with Crippen LogP contribution in [0.1, 0.15) is 50.2 Å². The Morgan fingerprint density at radius 3 is 2.64 bits per heavy atom. The number of guanidine groups is 1. The fraction of sp³-hybridized carbons (Fsp3) is 0.667. The number of nitrogens with one attached hydrogen (secondary N) is 2. The zero-order valence-corrected chi connectivity index (χ0v) is 16.5. The van der Waals surface area contributed by atoms with E-state index in [0.29, 0.717) is 5.92 Å². The van der Waals surface area contributed by atoms with Crippen molar-refractivity contribution in [3.8, 4) is 0 Å². The second-order valence-corrected chi connectivity index (χ2v) is 7.65. The number of likely N-dealkylation sites (tertiary alicyclic amines) is 1. The van der Waals surface area contributed by atoms with Gasteiger partial charge in [-0.2, -0.15) is 0 Å². The van der Waals surface area contributed by atoms with Crippen LogP contribution >= 0.6 is 0 Å². The van der Waals surface area contributed by atoms with Crippen molar-refractivity contribution in [1.82, 2.24) is 15.5 Å². The normalized spacial score (nSPS) is 19.2. The molecular weight excluding hydrogens is 308 g/mol. The fourth-order valence-electron chi connectivity index (χ4n) is 3.47. The molecular formula is C21H36N4. The lowest BCUT2D eigenvalue weighted by Gasteiger charge is -2.30.